The van der Waals surface area contributed by atoms with Crippen LogP contribution in [-0.4, -0.2) is 41.6 Å². The van der Waals surface area contributed by atoms with Gasteiger partial charge in [-0.2, -0.15) is 0 Å². The molecular weight excluding hydrogens is 268 g/mol. The molecule has 1 fully saturated rings. The van der Waals surface area contributed by atoms with Crippen molar-refractivity contribution in [3.8, 4) is 0 Å². The molecule has 2 N–H and O–H groups in total. The Labute approximate surface area is 128 Å². The Morgan fingerprint density at radius 3 is 2.48 bits per heavy atom. The van der Waals surface area contributed by atoms with Gasteiger partial charge in [0.1, 0.15) is 0 Å². The minimum atomic E-state index is -0.796. The Bertz CT molecular complexity index is 357. The zero-order valence-corrected chi connectivity index (χ0v) is 13.8. The van der Waals surface area contributed by atoms with Crippen LogP contribution in [0.2, 0.25) is 0 Å². The zero-order chi connectivity index (χ0) is 16.0. The van der Waals surface area contributed by atoms with Crippen molar-refractivity contribution in [2.24, 2.45) is 23.7 Å². The number of urea groups is 1. The normalized spacial score (nSPS) is 24.0. The van der Waals surface area contributed by atoms with Crippen molar-refractivity contribution in [3.63, 3.8) is 0 Å². The maximum absolute atomic E-state index is 12.2. The Kier molecular flexibility index (Phi) is 6.99. The predicted molar refractivity (Wildman–Crippen MR) is 83.1 cm³/mol. The number of aliphatic carboxylic acids is 1. The van der Waals surface area contributed by atoms with E-state index in [1.54, 1.807) is 0 Å². The van der Waals surface area contributed by atoms with Crippen LogP contribution in [0.25, 0.3) is 0 Å². The summed E-state index contributed by atoms with van der Waals surface area (Å²) in [5.41, 5.74) is 0. The van der Waals surface area contributed by atoms with Crippen LogP contribution in [0.1, 0.15) is 47.0 Å². The molecule has 0 bridgehead atoms. The van der Waals surface area contributed by atoms with Gasteiger partial charge < -0.3 is 15.3 Å². The average Bonchev–Trinajstić information content (AvgIpc) is 2.37. The van der Waals surface area contributed by atoms with Gasteiger partial charge in [0.05, 0.1) is 0 Å². The number of carboxylic acids is 1. The lowest BCUT2D eigenvalue weighted by atomic mass is 9.89. The highest BCUT2D eigenvalue weighted by atomic mass is 16.4. The monoisotopic (exact) mass is 298 g/mol. The minimum Gasteiger partial charge on any atom is -0.481 e. The van der Waals surface area contributed by atoms with Gasteiger partial charge in [-0.05, 0) is 36.5 Å². The number of carboxylic acid groups (broad SMARTS) is 1. The summed E-state index contributed by atoms with van der Waals surface area (Å²) in [7, 11) is 0. The van der Waals surface area contributed by atoms with Crippen LogP contribution in [-0.2, 0) is 4.79 Å². The van der Waals surface area contributed by atoms with Crippen LogP contribution in [0.15, 0.2) is 0 Å². The second-order valence-corrected chi connectivity index (χ2v) is 6.97. The zero-order valence-electron chi connectivity index (χ0n) is 13.8. The number of rotatable bonds is 6. The Balaban J connectivity index is 2.43. The first-order valence-corrected chi connectivity index (χ1v) is 8.04. The van der Waals surface area contributed by atoms with Gasteiger partial charge in [0.15, 0.2) is 0 Å². The second kappa shape index (κ2) is 8.25. The summed E-state index contributed by atoms with van der Waals surface area (Å²) in [6, 6.07) is -0.0482. The first kappa shape index (κ1) is 17.8. The number of carbonyl (C=O) groups is 2. The van der Waals surface area contributed by atoms with Crippen molar-refractivity contribution in [3.05, 3.63) is 0 Å². The standard InChI is InChI=1S/C16H30N2O3/c1-11(2)7-14(8-15(19)20)9-17-16(21)18-6-5-12(3)13(4)10-18/h11-14H,5-10H2,1-4H3,(H,17,21)(H,19,20)/t12?,13?,14-/m0/s1. The van der Waals surface area contributed by atoms with Gasteiger partial charge in [-0.15, -0.1) is 0 Å². The third-order valence-electron chi connectivity index (χ3n) is 4.43. The smallest absolute Gasteiger partial charge is 0.317 e. The topological polar surface area (TPSA) is 69.6 Å². The largest absolute Gasteiger partial charge is 0.481 e. The van der Waals surface area contributed by atoms with E-state index >= 15 is 0 Å². The fraction of sp³-hybridized carbons (Fsp3) is 0.875. The molecule has 0 saturated carbocycles. The molecule has 1 saturated heterocycles. The van der Waals surface area contributed by atoms with Gasteiger partial charge in [0.25, 0.3) is 0 Å². The van der Waals surface area contributed by atoms with Crippen molar-refractivity contribution in [2.75, 3.05) is 19.6 Å². The summed E-state index contributed by atoms with van der Waals surface area (Å²) in [5, 5.41) is 11.9. The summed E-state index contributed by atoms with van der Waals surface area (Å²) in [5.74, 6) is 0.828. The average molecular weight is 298 g/mol. The summed E-state index contributed by atoms with van der Waals surface area (Å²) in [6.45, 7) is 10.6. The number of hydrogen-bond acceptors (Lipinski definition) is 2. The van der Waals surface area contributed by atoms with Crippen molar-refractivity contribution in [1.82, 2.24) is 10.2 Å². The van der Waals surface area contributed by atoms with E-state index in [2.05, 4.69) is 33.0 Å². The van der Waals surface area contributed by atoms with E-state index in [9.17, 15) is 9.59 Å². The second-order valence-electron chi connectivity index (χ2n) is 6.97. The summed E-state index contributed by atoms with van der Waals surface area (Å²) in [4.78, 5) is 24.9. The van der Waals surface area contributed by atoms with E-state index < -0.39 is 5.97 Å². The number of hydrogen-bond donors (Lipinski definition) is 2. The molecule has 21 heavy (non-hydrogen) atoms. The highest BCUT2D eigenvalue weighted by Crippen LogP contribution is 2.22. The molecule has 2 amide bonds. The van der Waals surface area contributed by atoms with Gasteiger partial charge in [-0.3, -0.25) is 4.79 Å². The summed E-state index contributed by atoms with van der Waals surface area (Å²) < 4.78 is 0. The van der Waals surface area contributed by atoms with Crippen LogP contribution in [0, 0.1) is 23.7 Å². The lowest BCUT2D eigenvalue weighted by molar-refractivity contribution is -0.138. The van der Waals surface area contributed by atoms with E-state index in [1.165, 1.54) is 0 Å². The molecule has 0 aromatic carbocycles. The maximum atomic E-state index is 12.2. The van der Waals surface area contributed by atoms with Crippen LogP contribution in [0.5, 0.6) is 0 Å². The van der Waals surface area contributed by atoms with Crippen LogP contribution in [0.3, 0.4) is 0 Å². The van der Waals surface area contributed by atoms with E-state index in [1.807, 2.05) is 4.90 Å². The molecule has 122 valence electrons. The van der Waals surface area contributed by atoms with Crippen molar-refractivity contribution < 1.29 is 14.7 Å². The maximum Gasteiger partial charge on any atom is 0.317 e. The van der Waals surface area contributed by atoms with Gasteiger partial charge in [-0.25, -0.2) is 4.79 Å². The first-order chi connectivity index (χ1) is 9.79. The molecular formula is C16H30N2O3. The van der Waals surface area contributed by atoms with Crippen molar-refractivity contribution >= 4 is 12.0 Å². The predicted octanol–water partition coefficient (Wildman–Crippen LogP) is 2.81. The number of likely N-dealkylation sites (tertiary alicyclic amines) is 1. The van der Waals surface area contributed by atoms with Gasteiger partial charge in [0.2, 0.25) is 0 Å². The number of nitrogens with one attached hydrogen (secondary N) is 1. The molecule has 0 spiro atoms. The first-order valence-electron chi connectivity index (χ1n) is 8.04. The number of nitrogens with zero attached hydrogens (tertiary/aromatic N) is 1. The molecule has 1 rings (SSSR count). The Morgan fingerprint density at radius 1 is 1.29 bits per heavy atom. The van der Waals surface area contributed by atoms with Crippen LogP contribution >= 0.6 is 0 Å². The third-order valence-corrected chi connectivity index (χ3v) is 4.43. The summed E-state index contributed by atoms with van der Waals surface area (Å²) >= 11 is 0. The molecule has 2 unspecified atom stereocenters. The van der Waals surface area contributed by atoms with Crippen molar-refractivity contribution in [1.29, 1.82) is 0 Å². The lowest BCUT2D eigenvalue weighted by Crippen LogP contribution is -2.48. The third kappa shape index (κ3) is 6.36. The van der Waals surface area contributed by atoms with Gasteiger partial charge in [0, 0.05) is 26.1 Å². The minimum absolute atomic E-state index is 0.00703. The molecule has 3 atom stereocenters. The molecule has 0 radical (unpaired) electrons. The fourth-order valence-electron chi connectivity index (χ4n) is 2.94. The molecule has 1 heterocycles. The van der Waals surface area contributed by atoms with Gasteiger partial charge in [-0.1, -0.05) is 27.7 Å². The quantitative estimate of drug-likeness (QED) is 0.792. The molecule has 5 nitrogen and oxygen atoms in total. The Morgan fingerprint density at radius 2 is 1.95 bits per heavy atom. The molecule has 5 heteroatoms. The number of piperidine rings is 1. The molecule has 1 aliphatic rings. The fourth-order valence-corrected chi connectivity index (χ4v) is 2.94. The van der Waals surface area contributed by atoms with E-state index in [0.717, 1.165) is 25.9 Å². The Hall–Kier alpha value is -1.26. The van der Waals surface area contributed by atoms with Crippen molar-refractivity contribution in [2.45, 2.75) is 47.0 Å². The van der Waals surface area contributed by atoms with Gasteiger partial charge >= 0.3 is 12.0 Å². The van der Waals surface area contributed by atoms with E-state index in [0.29, 0.717) is 24.3 Å². The van der Waals surface area contributed by atoms with E-state index in [4.69, 9.17) is 5.11 Å². The van der Waals surface area contributed by atoms with Crippen LogP contribution < -0.4 is 5.32 Å². The highest BCUT2D eigenvalue weighted by molar-refractivity contribution is 5.74. The molecule has 0 aromatic heterocycles. The SMILES string of the molecule is CC(C)C[C@H](CNC(=O)N1CCC(C)C(C)C1)CC(=O)O. The number of amides is 2. The van der Waals surface area contributed by atoms with Crippen LogP contribution in [0.4, 0.5) is 4.79 Å². The molecule has 1 aliphatic heterocycles. The summed E-state index contributed by atoms with van der Waals surface area (Å²) in [6.07, 6.45) is 1.98. The molecule has 0 aliphatic carbocycles. The lowest BCUT2D eigenvalue weighted by Gasteiger charge is -2.35. The van der Waals surface area contributed by atoms with E-state index in [-0.39, 0.29) is 18.4 Å². The molecule has 0 aromatic rings. The highest BCUT2D eigenvalue weighted by Gasteiger charge is 2.26. The number of carbonyl (C=O) groups excluding carboxylic acids is 1.